The molecule has 0 saturated carbocycles. The van der Waals surface area contributed by atoms with Crippen LogP contribution in [-0.2, 0) is 15.6 Å². The Kier molecular flexibility index (Phi) is 7.01. The van der Waals surface area contributed by atoms with E-state index in [0.717, 1.165) is 0 Å². The van der Waals surface area contributed by atoms with Crippen molar-refractivity contribution in [3.05, 3.63) is 64.3 Å². The van der Waals surface area contributed by atoms with Crippen LogP contribution in [0.2, 0.25) is 18.1 Å². The van der Waals surface area contributed by atoms with Gasteiger partial charge in [0.25, 0.3) is 0 Å². The Morgan fingerprint density at radius 1 is 1.27 bits per heavy atom. The molecule has 0 N–H and O–H groups in total. The van der Waals surface area contributed by atoms with E-state index in [0.29, 0.717) is 24.5 Å². The van der Waals surface area contributed by atoms with Crippen LogP contribution in [0.15, 0.2) is 47.4 Å². The number of nitrogens with zero attached hydrogens (tertiary/aromatic N) is 2. The van der Waals surface area contributed by atoms with Crippen molar-refractivity contribution in [2.24, 2.45) is 0 Å². The maximum Gasteiger partial charge on any atom is 0.348 e. The molecule has 2 aromatic rings. The lowest BCUT2D eigenvalue weighted by Crippen LogP contribution is -2.42. The smallest absolute Gasteiger partial charge is 0.348 e. The minimum absolute atomic E-state index is 0.0540. The molecule has 1 fully saturated rings. The highest BCUT2D eigenvalue weighted by Crippen LogP contribution is 2.39. The average Bonchev–Trinajstić information content (AvgIpc) is 3.15. The number of benzene rings is 1. The van der Waals surface area contributed by atoms with Crippen molar-refractivity contribution in [2.45, 2.75) is 56.1 Å². The summed E-state index contributed by atoms with van der Waals surface area (Å²) in [6, 6.07) is 10.8. The molecule has 1 aromatic heterocycles. The highest BCUT2D eigenvalue weighted by atomic mass is 32.2. The van der Waals surface area contributed by atoms with E-state index in [4.69, 9.17) is 9.16 Å². The molecule has 1 aromatic carbocycles. The lowest BCUT2D eigenvalue weighted by atomic mass is 10.1. The molecule has 2 atom stereocenters. The van der Waals surface area contributed by atoms with Gasteiger partial charge in [0.15, 0.2) is 14.1 Å². The quantitative estimate of drug-likeness (QED) is 0.467. The predicted octanol–water partition coefficient (Wildman–Crippen LogP) is 4.28. The number of thioether (sulfide) groups is 1. The summed E-state index contributed by atoms with van der Waals surface area (Å²) in [5.74, 6) is -0.0540. The van der Waals surface area contributed by atoms with Gasteiger partial charge in [-0.25, -0.2) is 4.79 Å². The molecule has 8 heteroatoms. The number of hydrogen-bond acceptors (Lipinski definition) is 6. The van der Waals surface area contributed by atoms with Crippen LogP contribution >= 0.6 is 11.8 Å². The Morgan fingerprint density at radius 2 is 1.97 bits per heavy atom. The Labute approximate surface area is 183 Å². The predicted molar refractivity (Wildman–Crippen MR) is 122 cm³/mol. The molecule has 0 bridgehead atoms. The zero-order valence-electron chi connectivity index (χ0n) is 18.3. The molecule has 1 saturated heterocycles. The number of carbonyl (C=O) groups excluding carboxylic acids is 1. The SMILES string of the molecule is CC(C)(C)[Si](C)(C)OC[C@@H]1OC[C@H](n2ccc(CC(=O)c3ccccc3)nc2=O)S1. The molecule has 2 heterocycles. The van der Waals surface area contributed by atoms with Gasteiger partial charge in [0.1, 0.15) is 10.8 Å². The molecule has 1 aliphatic heterocycles. The highest BCUT2D eigenvalue weighted by Gasteiger charge is 2.39. The average molecular weight is 447 g/mol. The van der Waals surface area contributed by atoms with Gasteiger partial charge in [0.2, 0.25) is 0 Å². The first-order valence-corrected chi connectivity index (χ1v) is 14.0. The van der Waals surface area contributed by atoms with E-state index in [1.54, 1.807) is 40.7 Å². The summed E-state index contributed by atoms with van der Waals surface area (Å²) < 4.78 is 13.7. The number of ether oxygens (including phenoxy) is 1. The summed E-state index contributed by atoms with van der Waals surface area (Å²) in [6.45, 7) is 12.0. The molecule has 162 valence electrons. The van der Waals surface area contributed by atoms with Crippen molar-refractivity contribution in [3.8, 4) is 0 Å². The lowest BCUT2D eigenvalue weighted by molar-refractivity contribution is 0.0835. The minimum atomic E-state index is -1.84. The molecule has 30 heavy (non-hydrogen) atoms. The monoisotopic (exact) mass is 446 g/mol. The molecule has 1 aliphatic rings. The van der Waals surface area contributed by atoms with Crippen molar-refractivity contribution in [3.63, 3.8) is 0 Å². The Bertz CT molecular complexity index is 940. The van der Waals surface area contributed by atoms with Crippen LogP contribution in [0, 0.1) is 0 Å². The molecule has 6 nitrogen and oxygen atoms in total. The molecular formula is C22H30N2O4SSi. The van der Waals surface area contributed by atoms with Crippen LogP contribution in [-0.4, -0.2) is 42.3 Å². The van der Waals surface area contributed by atoms with E-state index in [-0.39, 0.29) is 33.7 Å². The first-order chi connectivity index (χ1) is 14.1. The summed E-state index contributed by atoms with van der Waals surface area (Å²) in [6.07, 6.45) is 1.82. The first kappa shape index (κ1) is 22.9. The maximum atomic E-state index is 12.5. The van der Waals surface area contributed by atoms with Crippen molar-refractivity contribution >= 4 is 25.9 Å². The number of aromatic nitrogens is 2. The number of hydrogen-bond donors (Lipinski definition) is 0. The highest BCUT2D eigenvalue weighted by molar-refractivity contribution is 8.00. The summed E-state index contributed by atoms with van der Waals surface area (Å²) in [7, 11) is -1.84. The first-order valence-electron chi connectivity index (χ1n) is 10.1. The van der Waals surface area contributed by atoms with E-state index in [9.17, 15) is 9.59 Å². The summed E-state index contributed by atoms with van der Waals surface area (Å²) >= 11 is 1.58. The molecule has 0 radical (unpaired) electrons. The lowest BCUT2D eigenvalue weighted by Gasteiger charge is -2.36. The van der Waals surface area contributed by atoms with Gasteiger partial charge in [0.05, 0.1) is 25.3 Å². The van der Waals surface area contributed by atoms with Gasteiger partial charge in [-0.3, -0.25) is 9.36 Å². The maximum absolute atomic E-state index is 12.5. The standard InChI is InChI=1S/C22H30N2O4SSi/c1-22(2,3)30(4,5)28-15-20-27-14-19(29-20)24-12-11-17(23-21(24)26)13-18(25)16-9-7-6-8-10-16/h6-12,19-20H,13-15H2,1-5H3/t19-,20-/m1/s1. The number of carbonyl (C=O) groups is 1. The zero-order valence-corrected chi connectivity index (χ0v) is 20.1. The fraction of sp³-hybridized carbons (Fsp3) is 0.500. The normalized spacial score (nSPS) is 19.8. The zero-order chi connectivity index (χ0) is 21.9. The number of rotatable bonds is 7. The van der Waals surface area contributed by atoms with Crippen LogP contribution in [0.25, 0.3) is 0 Å². The van der Waals surface area contributed by atoms with Crippen LogP contribution in [0.5, 0.6) is 0 Å². The van der Waals surface area contributed by atoms with Gasteiger partial charge in [-0.1, -0.05) is 51.1 Å². The van der Waals surface area contributed by atoms with Gasteiger partial charge >= 0.3 is 5.69 Å². The van der Waals surface area contributed by atoms with Crippen LogP contribution in [0.1, 0.15) is 42.2 Å². The molecule has 0 aliphatic carbocycles. The van der Waals surface area contributed by atoms with Crippen LogP contribution in [0.3, 0.4) is 0 Å². The molecule has 0 unspecified atom stereocenters. The third-order valence-electron chi connectivity index (χ3n) is 5.76. The van der Waals surface area contributed by atoms with E-state index in [2.05, 4.69) is 38.8 Å². The molecule has 3 rings (SSSR count). The minimum Gasteiger partial charge on any atom is -0.413 e. The Balaban J connectivity index is 1.60. The second kappa shape index (κ2) is 9.17. The largest absolute Gasteiger partial charge is 0.413 e. The van der Waals surface area contributed by atoms with Crippen molar-refractivity contribution in [2.75, 3.05) is 13.2 Å². The van der Waals surface area contributed by atoms with Crippen LogP contribution in [0.4, 0.5) is 0 Å². The van der Waals surface area contributed by atoms with Gasteiger partial charge in [-0.05, 0) is 24.2 Å². The fourth-order valence-corrected chi connectivity index (χ4v) is 5.05. The van der Waals surface area contributed by atoms with Gasteiger partial charge in [-0.2, -0.15) is 4.98 Å². The number of ketones is 1. The van der Waals surface area contributed by atoms with Crippen molar-refractivity contribution < 1.29 is 14.0 Å². The van der Waals surface area contributed by atoms with Gasteiger partial charge in [0, 0.05) is 11.8 Å². The van der Waals surface area contributed by atoms with E-state index < -0.39 is 8.32 Å². The summed E-state index contributed by atoms with van der Waals surface area (Å²) in [5.41, 5.74) is 0.635. The third-order valence-corrected chi connectivity index (χ3v) is 11.5. The molecule has 0 amide bonds. The Morgan fingerprint density at radius 3 is 2.60 bits per heavy atom. The van der Waals surface area contributed by atoms with E-state index in [1.807, 2.05) is 18.2 Å². The summed E-state index contributed by atoms with van der Waals surface area (Å²) in [5, 5.41) is 0.000638. The van der Waals surface area contributed by atoms with Crippen LogP contribution < -0.4 is 5.69 Å². The number of Topliss-reactive ketones (excluding diaryl/α,β-unsaturated/α-hetero) is 1. The second-order valence-corrected chi connectivity index (χ2v) is 15.2. The second-order valence-electron chi connectivity index (χ2n) is 9.00. The van der Waals surface area contributed by atoms with E-state index in [1.165, 1.54) is 0 Å². The van der Waals surface area contributed by atoms with Gasteiger partial charge in [-0.15, -0.1) is 11.8 Å². The fourth-order valence-electron chi connectivity index (χ4n) is 2.83. The van der Waals surface area contributed by atoms with E-state index >= 15 is 0 Å². The Hall–Kier alpha value is -1.74. The molecular weight excluding hydrogens is 416 g/mol. The topological polar surface area (TPSA) is 70.4 Å². The van der Waals surface area contributed by atoms with Gasteiger partial charge < -0.3 is 9.16 Å². The van der Waals surface area contributed by atoms with Crippen molar-refractivity contribution in [1.82, 2.24) is 9.55 Å². The third kappa shape index (κ3) is 5.49. The van der Waals surface area contributed by atoms with Crippen molar-refractivity contribution in [1.29, 1.82) is 0 Å². The molecule has 0 spiro atoms. The summed E-state index contributed by atoms with van der Waals surface area (Å²) in [4.78, 5) is 29.0.